The molecule has 0 bridgehead atoms. The highest BCUT2D eigenvalue weighted by Gasteiger charge is 2.22. The monoisotopic (exact) mass is 367 g/mol. The van der Waals surface area contributed by atoms with E-state index in [1.165, 1.54) is 4.90 Å². The van der Waals surface area contributed by atoms with E-state index in [2.05, 4.69) is 15.9 Å². The van der Waals surface area contributed by atoms with E-state index in [-0.39, 0.29) is 0 Å². The van der Waals surface area contributed by atoms with E-state index in [4.69, 9.17) is 16.7 Å². The Morgan fingerprint density at radius 3 is 2.48 bits per heavy atom. The number of carboxylic acid groups (broad SMARTS) is 1. The molecule has 2 aromatic carbocycles. The number of rotatable bonds is 4. The lowest BCUT2D eigenvalue weighted by Gasteiger charge is -2.21. The van der Waals surface area contributed by atoms with Gasteiger partial charge in [-0.05, 0) is 46.3 Å². The van der Waals surface area contributed by atoms with Crippen molar-refractivity contribution in [1.29, 1.82) is 0 Å². The van der Waals surface area contributed by atoms with Crippen molar-refractivity contribution in [3.05, 3.63) is 63.6 Å². The second kappa shape index (κ2) is 6.74. The molecular formula is C15H11BrClNO3. The number of nitrogens with zero attached hydrogens (tertiary/aromatic N) is 1. The Kier molecular flexibility index (Phi) is 4.98. The Hall–Kier alpha value is -1.85. The molecule has 0 spiro atoms. The minimum atomic E-state index is -1.10. The highest BCUT2D eigenvalue weighted by molar-refractivity contribution is 9.10. The summed E-state index contributed by atoms with van der Waals surface area (Å²) in [6, 6.07) is 13.4. The van der Waals surface area contributed by atoms with E-state index < -0.39 is 18.4 Å². The highest BCUT2D eigenvalue weighted by Crippen LogP contribution is 2.24. The fourth-order valence-electron chi connectivity index (χ4n) is 1.84. The molecule has 6 heteroatoms. The standard InChI is InChI=1S/C15H11BrClNO3/c16-13-7-2-1-6-12(13)15(21)18(9-14(19)20)11-5-3-4-10(17)8-11/h1-8H,9H2,(H,19,20). The zero-order valence-electron chi connectivity index (χ0n) is 10.8. The number of carbonyl (C=O) groups excluding carboxylic acids is 1. The summed E-state index contributed by atoms with van der Waals surface area (Å²) >= 11 is 9.21. The van der Waals surface area contributed by atoms with Crippen LogP contribution in [0.2, 0.25) is 5.02 Å². The number of hydrogen-bond acceptors (Lipinski definition) is 2. The van der Waals surface area contributed by atoms with Gasteiger partial charge >= 0.3 is 5.97 Å². The molecule has 108 valence electrons. The van der Waals surface area contributed by atoms with Crippen LogP contribution in [-0.4, -0.2) is 23.5 Å². The molecule has 0 radical (unpaired) electrons. The molecule has 4 nitrogen and oxygen atoms in total. The van der Waals surface area contributed by atoms with E-state index in [0.29, 0.717) is 20.7 Å². The summed E-state index contributed by atoms with van der Waals surface area (Å²) in [7, 11) is 0. The average molecular weight is 369 g/mol. The molecule has 0 aliphatic heterocycles. The minimum absolute atomic E-state index is 0.388. The molecule has 1 amide bonds. The quantitative estimate of drug-likeness (QED) is 0.892. The maximum absolute atomic E-state index is 12.6. The first-order chi connectivity index (χ1) is 9.99. The Morgan fingerprint density at radius 1 is 1.14 bits per heavy atom. The molecule has 0 aliphatic carbocycles. The van der Waals surface area contributed by atoms with Gasteiger partial charge in [-0.2, -0.15) is 0 Å². The molecule has 0 saturated heterocycles. The molecule has 2 rings (SSSR count). The summed E-state index contributed by atoms with van der Waals surface area (Å²) in [4.78, 5) is 24.8. The second-order valence-corrected chi connectivity index (χ2v) is 5.54. The van der Waals surface area contributed by atoms with Gasteiger partial charge < -0.3 is 5.11 Å². The molecule has 0 fully saturated rings. The van der Waals surface area contributed by atoms with Crippen molar-refractivity contribution in [3.8, 4) is 0 Å². The van der Waals surface area contributed by atoms with Gasteiger partial charge in [-0.15, -0.1) is 0 Å². The molecular weight excluding hydrogens is 358 g/mol. The molecule has 0 unspecified atom stereocenters. The van der Waals surface area contributed by atoms with Gasteiger partial charge in [-0.25, -0.2) is 0 Å². The van der Waals surface area contributed by atoms with Crippen molar-refractivity contribution in [2.24, 2.45) is 0 Å². The van der Waals surface area contributed by atoms with Gasteiger partial charge in [0.25, 0.3) is 5.91 Å². The Bertz CT molecular complexity index is 690. The summed E-state index contributed by atoms with van der Waals surface area (Å²) in [6.07, 6.45) is 0. The normalized spacial score (nSPS) is 10.2. The van der Waals surface area contributed by atoms with Crippen LogP contribution in [0.5, 0.6) is 0 Å². The van der Waals surface area contributed by atoms with Crippen LogP contribution in [0.3, 0.4) is 0 Å². The van der Waals surface area contributed by atoms with E-state index in [9.17, 15) is 9.59 Å². The van der Waals surface area contributed by atoms with Crippen LogP contribution < -0.4 is 4.90 Å². The number of benzene rings is 2. The minimum Gasteiger partial charge on any atom is -0.480 e. The first kappa shape index (κ1) is 15.5. The van der Waals surface area contributed by atoms with E-state index in [0.717, 1.165) is 0 Å². The third kappa shape index (κ3) is 3.83. The van der Waals surface area contributed by atoms with Crippen molar-refractivity contribution >= 4 is 45.1 Å². The lowest BCUT2D eigenvalue weighted by Crippen LogP contribution is -2.35. The first-order valence-corrected chi connectivity index (χ1v) is 7.20. The molecule has 0 atom stereocenters. The van der Waals surface area contributed by atoms with Gasteiger partial charge in [0.2, 0.25) is 0 Å². The number of anilines is 1. The number of halogens is 2. The van der Waals surface area contributed by atoms with Crippen LogP contribution in [0.4, 0.5) is 5.69 Å². The summed E-state index contributed by atoms with van der Waals surface area (Å²) in [5.74, 6) is -1.51. The van der Waals surface area contributed by atoms with Gasteiger partial charge in [0.15, 0.2) is 0 Å². The molecule has 0 aromatic heterocycles. The Labute approximate surface area is 135 Å². The predicted molar refractivity (Wildman–Crippen MR) is 84.9 cm³/mol. The number of hydrogen-bond donors (Lipinski definition) is 1. The van der Waals surface area contributed by atoms with Crippen LogP contribution in [0.15, 0.2) is 53.0 Å². The van der Waals surface area contributed by atoms with Crippen LogP contribution in [0.1, 0.15) is 10.4 Å². The SMILES string of the molecule is O=C(O)CN(C(=O)c1ccccc1Br)c1cccc(Cl)c1. The third-order valence-electron chi connectivity index (χ3n) is 2.76. The van der Waals surface area contributed by atoms with E-state index in [1.54, 1.807) is 48.5 Å². The number of carboxylic acids is 1. The van der Waals surface area contributed by atoms with Crippen LogP contribution >= 0.6 is 27.5 Å². The molecule has 2 aromatic rings. The van der Waals surface area contributed by atoms with Crippen molar-refractivity contribution < 1.29 is 14.7 Å². The topological polar surface area (TPSA) is 57.6 Å². The predicted octanol–water partition coefficient (Wildman–Crippen LogP) is 3.83. The molecule has 1 N–H and O–H groups in total. The zero-order valence-corrected chi connectivity index (χ0v) is 13.1. The van der Waals surface area contributed by atoms with Crippen molar-refractivity contribution in [2.75, 3.05) is 11.4 Å². The van der Waals surface area contributed by atoms with Gasteiger partial charge in [-0.3, -0.25) is 14.5 Å². The fourth-order valence-corrected chi connectivity index (χ4v) is 2.48. The molecule has 21 heavy (non-hydrogen) atoms. The lowest BCUT2D eigenvalue weighted by atomic mass is 10.2. The third-order valence-corrected chi connectivity index (χ3v) is 3.69. The van der Waals surface area contributed by atoms with Crippen LogP contribution in [-0.2, 0) is 4.79 Å². The van der Waals surface area contributed by atoms with Gasteiger partial charge in [0.05, 0.1) is 5.56 Å². The summed E-state index contributed by atoms with van der Waals surface area (Å²) in [5, 5.41) is 9.47. The lowest BCUT2D eigenvalue weighted by molar-refractivity contribution is -0.135. The highest BCUT2D eigenvalue weighted by atomic mass is 79.9. The first-order valence-electron chi connectivity index (χ1n) is 6.03. The van der Waals surface area contributed by atoms with E-state index in [1.807, 2.05) is 0 Å². The molecule has 0 heterocycles. The fraction of sp³-hybridized carbons (Fsp3) is 0.0667. The molecule has 0 aliphatic rings. The number of carbonyl (C=O) groups is 2. The smallest absolute Gasteiger partial charge is 0.323 e. The van der Waals surface area contributed by atoms with Crippen LogP contribution in [0.25, 0.3) is 0 Å². The maximum Gasteiger partial charge on any atom is 0.323 e. The average Bonchev–Trinajstić information content (AvgIpc) is 2.44. The van der Waals surface area contributed by atoms with E-state index >= 15 is 0 Å². The number of aliphatic carboxylic acids is 1. The van der Waals surface area contributed by atoms with Crippen molar-refractivity contribution in [1.82, 2.24) is 0 Å². The largest absolute Gasteiger partial charge is 0.480 e. The summed E-state index contributed by atoms with van der Waals surface area (Å²) in [5.41, 5.74) is 0.823. The number of amides is 1. The molecule has 0 saturated carbocycles. The second-order valence-electron chi connectivity index (χ2n) is 4.24. The summed E-state index contributed by atoms with van der Waals surface area (Å²) < 4.78 is 0.604. The Balaban J connectivity index is 2.43. The van der Waals surface area contributed by atoms with Crippen LogP contribution in [0, 0.1) is 0 Å². The van der Waals surface area contributed by atoms with Gasteiger partial charge in [0.1, 0.15) is 6.54 Å². The zero-order chi connectivity index (χ0) is 15.4. The van der Waals surface area contributed by atoms with Gasteiger partial charge in [-0.1, -0.05) is 29.8 Å². The maximum atomic E-state index is 12.6. The Morgan fingerprint density at radius 2 is 1.86 bits per heavy atom. The van der Waals surface area contributed by atoms with Crippen molar-refractivity contribution in [3.63, 3.8) is 0 Å². The van der Waals surface area contributed by atoms with Crippen molar-refractivity contribution in [2.45, 2.75) is 0 Å². The van der Waals surface area contributed by atoms with Gasteiger partial charge in [0, 0.05) is 15.2 Å². The summed E-state index contributed by atoms with van der Waals surface area (Å²) in [6.45, 7) is -0.444.